The number of tetrazole rings is 1. The minimum Gasteiger partial charge on any atom is -0.354 e. The van der Waals surface area contributed by atoms with Gasteiger partial charge in [0.15, 0.2) is 0 Å². The molecule has 1 saturated heterocycles. The second-order valence-electron chi connectivity index (χ2n) is 7.42. The number of halogens is 4. The van der Waals surface area contributed by atoms with Crippen molar-refractivity contribution in [2.24, 2.45) is 0 Å². The van der Waals surface area contributed by atoms with Crippen molar-refractivity contribution >= 4 is 23.3 Å². The van der Waals surface area contributed by atoms with Crippen molar-refractivity contribution in [2.45, 2.75) is 19.5 Å². The highest BCUT2D eigenvalue weighted by Crippen LogP contribution is 2.33. The Morgan fingerprint density at radius 3 is 2.59 bits per heavy atom. The van der Waals surface area contributed by atoms with Gasteiger partial charge in [0, 0.05) is 37.9 Å². The minimum atomic E-state index is -4.50. The van der Waals surface area contributed by atoms with Crippen LogP contribution in [-0.4, -0.2) is 62.2 Å². The maximum absolute atomic E-state index is 13.1. The van der Waals surface area contributed by atoms with Gasteiger partial charge in [-0.3, -0.25) is 4.79 Å². The molecule has 0 unspecified atom stereocenters. The van der Waals surface area contributed by atoms with Crippen molar-refractivity contribution in [2.75, 3.05) is 31.1 Å². The van der Waals surface area contributed by atoms with Gasteiger partial charge in [0.2, 0.25) is 0 Å². The van der Waals surface area contributed by atoms with Gasteiger partial charge in [-0.25, -0.2) is 9.67 Å². The number of anilines is 1. The van der Waals surface area contributed by atoms with E-state index in [-0.39, 0.29) is 16.7 Å². The molecule has 32 heavy (non-hydrogen) atoms. The third kappa shape index (κ3) is 4.52. The van der Waals surface area contributed by atoms with Crippen LogP contribution in [0.5, 0.6) is 0 Å². The van der Waals surface area contributed by atoms with Crippen molar-refractivity contribution in [1.29, 1.82) is 0 Å². The molecule has 1 amide bonds. The number of aryl methyl sites for hydroxylation is 1. The van der Waals surface area contributed by atoms with Gasteiger partial charge in [-0.15, -0.1) is 5.10 Å². The van der Waals surface area contributed by atoms with E-state index in [2.05, 4.69) is 20.5 Å². The molecule has 0 spiro atoms. The molecule has 1 fully saturated rings. The lowest BCUT2D eigenvalue weighted by Gasteiger charge is -2.24. The molecule has 0 radical (unpaired) electrons. The molecule has 3 aromatic rings. The number of rotatable bonds is 3. The average Bonchev–Trinajstić information content (AvgIpc) is 3.17. The predicted octanol–water partition coefficient (Wildman–Crippen LogP) is 3.39. The van der Waals surface area contributed by atoms with Crippen LogP contribution in [0.2, 0.25) is 5.02 Å². The fourth-order valence-corrected chi connectivity index (χ4v) is 3.94. The Morgan fingerprint density at radius 2 is 1.94 bits per heavy atom. The number of hydrogen-bond donors (Lipinski definition) is 0. The quantitative estimate of drug-likeness (QED) is 0.590. The molecule has 168 valence electrons. The monoisotopic (exact) mass is 465 g/mol. The van der Waals surface area contributed by atoms with E-state index >= 15 is 0 Å². The van der Waals surface area contributed by atoms with Crippen molar-refractivity contribution in [3.63, 3.8) is 0 Å². The van der Waals surface area contributed by atoms with Gasteiger partial charge in [-0.2, -0.15) is 13.2 Å². The number of hydrogen-bond acceptors (Lipinski definition) is 6. The molecule has 0 aliphatic carbocycles. The minimum absolute atomic E-state index is 0.0617. The average molecular weight is 466 g/mol. The van der Waals surface area contributed by atoms with Crippen LogP contribution in [0.4, 0.5) is 19.0 Å². The maximum Gasteiger partial charge on any atom is 0.417 e. The Morgan fingerprint density at radius 1 is 1.12 bits per heavy atom. The lowest BCUT2D eigenvalue weighted by atomic mass is 10.1. The molecule has 1 aromatic carbocycles. The highest BCUT2D eigenvalue weighted by atomic mass is 35.5. The van der Waals surface area contributed by atoms with E-state index in [1.54, 1.807) is 23.1 Å². The number of benzene rings is 1. The van der Waals surface area contributed by atoms with E-state index < -0.39 is 11.7 Å². The van der Waals surface area contributed by atoms with Crippen molar-refractivity contribution in [1.82, 2.24) is 30.1 Å². The zero-order valence-electron chi connectivity index (χ0n) is 17.1. The number of carbonyl (C=O) groups is 1. The van der Waals surface area contributed by atoms with Crippen molar-refractivity contribution in [3.8, 4) is 5.69 Å². The first kappa shape index (κ1) is 22.0. The summed E-state index contributed by atoms with van der Waals surface area (Å²) in [5, 5.41) is 11.0. The predicted molar refractivity (Wildman–Crippen MR) is 111 cm³/mol. The normalized spacial score (nSPS) is 15.0. The van der Waals surface area contributed by atoms with Crippen LogP contribution in [-0.2, 0) is 6.18 Å². The number of pyridine rings is 1. The summed E-state index contributed by atoms with van der Waals surface area (Å²) in [6.45, 7) is 3.72. The summed E-state index contributed by atoms with van der Waals surface area (Å²) in [4.78, 5) is 20.5. The van der Waals surface area contributed by atoms with E-state index in [1.165, 1.54) is 11.0 Å². The number of nitrogens with zero attached hydrogens (tertiary/aromatic N) is 7. The third-order valence-corrected chi connectivity index (χ3v) is 5.55. The Kier molecular flexibility index (Phi) is 6.00. The van der Waals surface area contributed by atoms with Crippen LogP contribution in [0.1, 0.15) is 27.9 Å². The maximum atomic E-state index is 13.1. The third-order valence-electron chi connectivity index (χ3n) is 5.27. The summed E-state index contributed by atoms with van der Waals surface area (Å²) < 4.78 is 40.1. The van der Waals surface area contributed by atoms with E-state index in [4.69, 9.17) is 11.6 Å². The fraction of sp³-hybridized carbons (Fsp3) is 0.350. The smallest absolute Gasteiger partial charge is 0.354 e. The van der Waals surface area contributed by atoms with Crippen molar-refractivity contribution < 1.29 is 18.0 Å². The highest BCUT2D eigenvalue weighted by molar-refractivity contribution is 6.33. The van der Waals surface area contributed by atoms with Crippen LogP contribution in [0.15, 0.2) is 36.8 Å². The summed E-state index contributed by atoms with van der Waals surface area (Å²) in [6, 6.07) is 6.18. The molecule has 3 heterocycles. The van der Waals surface area contributed by atoms with Gasteiger partial charge >= 0.3 is 6.18 Å². The Bertz CT molecular complexity index is 1120. The van der Waals surface area contributed by atoms with Gasteiger partial charge < -0.3 is 9.80 Å². The van der Waals surface area contributed by atoms with Crippen LogP contribution >= 0.6 is 11.6 Å². The molecule has 0 bridgehead atoms. The van der Waals surface area contributed by atoms with E-state index in [0.717, 1.165) is 23.5 Å². The Labute approximate surface area is 186 Å². The van der Waals surface area contributed by atoms with Gasteiger partial charge in [0.25, 0.3) is 5.91 Å². The molecular weight excluding hydrogens is 447 g/mol. The van der Waals surface area contributed by atoms with E-state index in [9.17, 15) is 18.0 Å². The van der Waals surface area contributed by atoms with Crippen LogP contribution in [0, 0.1) is 6.92 Å². The molecular formula is C20H19ClF3N7O. The molecule has 2 aromatic heterocycles. The molecule has 0 atom stereocenters. The summed E-state index contributed by atoms with van der Waals surface area (Å²) >= 11 is 6.09. The summed E-state index contributed by atoms with van der Waals surface area (Å²) in [7, 11) is 0. The Balaban J connectivity index is 1.47. The van der Waals surface area contributed by atoms with E-state index in [1.807, 2.05) is 11.8 Å². The van der Waals surface area contributed by atoms with Gasteiger partial charge in [-0.05, 0) is 53.6 Å². The van der Waals surface area contributed by atoms with Gasteiger partial charge in [-0.1, -0.05) is 11.6 Å². The highest BCUT2D eigenvalue weighted by Gasteiger charge is 2.32. The lowest BCUT2D eigenvalue weighted by Crippen LogP contribution is -2.35. The molecule has 12 heteroatoms. The topological polar surface area (TPSA) is 80.0 Å². The SMILES string of the molecule is Cc1cc(C(=O)N2CCCN(c3ncc(C(F)(F)F)cc3Cl)CC2)ccc1-n1cnnn1. The number of carbonyl (C=O) groups excluding carboxylic acids is 1. The molecule has 0 saturated carbocycles. The number of aromatic nitrogens is 5. The van der Waals surface area contributed by atoms with E-state index in [0.29, 0.717) is 38.2 Å². The summed E-state index contributed by atoms with van der Waals surface area (Å²) in [6.07, 6.45) is -1.61. The van der Waals surface area contributed by atoms with Gasteiger partial charge in [0.05, 0.1) is 16.3 Å². The van der Waals surface area contributed by atoms with Crippen LogP contribution in [0.3, 0.4) is 0 Å². The standard InChI is InChI=1S/C20H19ClF3N7O/c1-13-9-14(3-4-17(13)31-12-26-27-28-31)19(32)30-6-2-5-29(7-8-30)18-16(21)10-15(11-25-18)20(22,23)24/h3-4,9-12H,2,5-8H2,1H3. The molecule has 1 aliphatic rings. The largest absolute Gasteiger partial charge is 0.417 e. The van der Waals surface area contributed by atoms with Crippen LogP contribution in [0.25, 0.3) is 5.69 Å². The zero-order valence-corrected chi connectivity index (χ0v) is 17.8. The molecule has 8 nitrogen and oxygen atoms in total. The van der Waals surface area contributed by atoms with Crippen molar-refractivity contribution in [3.05, 3.63) is 58.5 Å². The van der Waals surface area contributed by atoms with Crippen LogP contribution < -0.4 is 4.90 Å². The zero-order chi connectivity index (χ0) is 22.9. The Hall–Kier alpha value is -3.21. The summed E-state index contributed by atoms with van der Waals surface area (Å²) in [5.74, 6) is 0.167. The fourth-order valence-electron chi connectivity index (χ4n) is 3.65. The molecule has 0 N–H and O–H groups in total. The number of amides is 1. The second kappa shape index (κ2) is 8.73. The molecule has 1 aliphatic heterocycles. The second-order valence-corrected chi connectivity index (χ2v) is 7.82. The first-order chi connectivity index (χ1) is 15.2. The lowest BCUT2D eigenvalue weighted by molar-refractivity contribution is -0.137. The summed E-state index contributed by atoms with van der Waals surface area (Å²) in [5.41, 5.74) is 1.27. The van der Waals surface area contributed by atoms with Gasteiger partial charge in [0.1, 0.15) is 12.1 Å². The molecule has 4 rings (SSSR count). The first-order valence-electron chi connectivity index (χ1n) is 9.85. The first-order valence-corrected chi connectivity index (χ1v) is 10.2. The number of alkyl halides is 3.